The standard InChI is InChI=1S/C41H72IN5O7/c1-15-27(6)36(45(11)41(52)34(25(2)3)44-40(51)35(26(4)5)46(12)42(9)10)32(53-13)24-33(48)47-23-19-22-31(47)38(54-14)28(7)39(50)43-29(8)37(49)30-20-17-16-18-21-30/h16-18,20-21,25-29,31-32,34-38,49H,15,19,22-24H2,1-14H3,(H,43,50)(H,44,51)/t27-,28+,29+,31-,32+,34-,35-,36+,37+,38+/m0/s1. The summed E-state index contributed by atoms with van der Waals surface area (Å²) in [6.07, 6.45) is 0.162. The first-order valence-corrected chi connectivity index (χ1v) is 24.8. The molecule has 1 fully saturated rings. The molecule has 0 saturated carbocycles. The topological polar surface area (TPSA) is 141 Å². The Morgan fingerprint density at radius 2 is 1.54 bits per heavy atom. The number of aliphatic hydroxyl groups excluding tert-OH is 1. The van der Waals surface area contributed by atoms with Gasteiger partial charge in [-0.1, -0.05) is 37.3 Å². The summed E-state index contributed by atoms with van der Waals surface area (Å²) in [5.41, 5.74) is 0.713. The van der Waals surface area contributed by atoms with Gasteiger partial charge in [-0.25, -0.2) is 0 Å². The van der Waals surface area contributed by atoms with Crippen molar-refractivity contribution in [2.75, 3.05) is 44.7 Å². The fraction of sp³-hybridized carbons (Fsp3) is 0.756. The van der Waals surface area contributed by atoms with Crippen LogP contribution in [0.2, 0.25) is 0 Å². The van der Waals surface area contributed by atoms with Crippen molar-refractivity contribution in [3.8, 4) is 0 Å². The molecule has 10 atom stereocenters. The third kappa shape index (κ3) is 12.3. The molecule has 1 aliphatic heterocycles. The van der Waals surface area contributed by atoms with Crippen molar-refractivity contribution < 1.29 is 33.8 Å². The SMILES string of the molecule is CC[C@H](C)[C@H]([C@@H](CC(=O)N1CCC[C@H]1[C@H](OC)[C@@H](C)C(=O)N[C@H](C)[C@@H](O)c1ccccc1)OC)N(C)C(=O)[C@@H](NC(=O)[C@H](C(C)C)N(C)I(C)C)C(C)C. The van der Waals surface area contributed by atoms with Gasteiger partial charge in [-0.15, -0.1) is 0 Å². The Morgan fingerprint density at radius 1 is 0.926 bits per heavy atom. The molecule has 0 unspecified atom stereocenters. The molecule has 0 aromatic heterocycles. The third-order valence-corrected chi connectivity index (χ3v) is 14.9. The monoisotopic (exact) mass is 873 g/mol. The van der Waals surface area contributed by atoms with E-state index in [0.717, 1.165) is 12.8 Å². The van der Waals surface area contributed by atoms with Gasteiger partial charge >= 0.3 is 203 Å². The van der Waals surface area contributed by atoms with Crippen LogP contribution in [0.3, 0.4) is 0 Å². The van der Waals surface area contributed by atoms with Crippen molar-refractivity contribution in [3.05, 3.63) is 35.9 Å². The second-order valence-electron chi connectivity index (χ2n) is 15.9. The van der Waals surface area contributed by atoms with Crippen LogP contribution < -0.4 is 10.6 Å². The first-order chi connectivity index (χ1) is 25.3. The van der Waals surface area contributed by atoms with Gasteiger partial charge in [0.15, 0.2) is 0 Å². The number of hydrogen-bond acceptors (Lipinski definition) is 8. The van der Waals surface area contributed by atoms with Crippen molar-refractivity contribution in [1.29, 1.82) is 0 Å². The fourth-order valence-corrected chi connectivity index (χ4v) is 9.83. The van der Waals surface area contributed by atoms with Crippen molar-refractivity contribution in [2.45, 2.75) is 130 Å². The Kier molecular flexibility index (Phi) is 19.9. The fourth-order valence-electron chi connectivity index (χ4n) is 7.74. The van der Waals surface area contributed by atoms with Gasteiger partial charge in [0.2, 0.25) is 5.91 Å². The molecule has 54 heavy (non-hydrogen) atoms. The van der Waals surface area contributed by atoms with Crippen molar-refractivity contribution in [3.63, 3.8) is 0 Å². The number of hydrogen-bond donors (Lipinski definition) is 3. The molecule has 0 spiro atoms. The summed E-state index contributed by atoms with van der Waals surface area (Å²) < 4.78 is 14.2. The number of carbonyl (C=O) groups excluding carboxylic acids is 4. The number of ether oxygens (including phenoxy) is 2. The molecule has 2 rings (SSSR count). The van der Waals surface area contributed by atoms with E-state index in [1.807, 2.05) is 65.1 Å². The van der Waals surface area contributed by atoms with Crippen LogP contribution in [0.15, 0.2) is 30.3 Å². The zero-order valence-corrected chi connectivity index (χ0v) is 37.6. The van der Waals surface area contributed by atoms with E-state index in [1.54, 1.807) is 44.9 Å². The number of alkyl halides is 2. The number of methoxy groups -OCH3 is 2. The number of rotatable bonds is 21. The molecule has 3 N–H and O–H groups in total. The molecule has 12 nitrogen and oxygen atoms in total. The molecule has 1 heterocycles. The maximum atomic E-state index is 14.3. The predicted octanol–water partition coefficient (Wildman–Crippen LogP) is 4.92. The van der Waals surface area contributed by atoms with Gasteiger partial charge < -0.3 is 15.2 Å². The van der Waals surface area contributed by atoms with Crippen LogP contribution in [0.1, 0.15) is 92.7 Å². The van der Waals surface area contributed by atoms with Crippen LogP contribution >= 0.6 is 20.1 Å². The van der Waals surface area contributed by atoms with Crippen LogP contribution in [-0.2, 0) is 28.7 Å². The Balaban J connectivity index is 2.27. The molecule has 13 heteroatoms. The van der Waals surface area contributed by atoms with Crippen LogP contribution in [0, 0.1) is 23.7 Å². The summed E-state index contributed by atoms with van der Waals surface area (Å²) in [6.45, 7) is 16.1. The number of likely N-dealkylation sites (N-methyl/N-ethyl adjacent to an activating group) is 2. The van der Waals surface area contributed by atoms with Crippen LogP contribution in [0.5, 0.6) is 0 Å². The number of amides is 4. The quantitative estimate of drug-likeness (QED) is 0.0899. The molecule has 1 aromatic rings. The summed E-state index contributed by atoms with van der Waals surface area (Å²) in [7, 11) is 6.89. The average molecular weight is 874 g/mol. The van der Waals surface area contributed by atoms with Crippen LogP contribution in [0.4, 0.5) is 0 Å². The Labute approximate surface area is 333 Å². The molecule has 0 aliphatic carbocycles. The number of benzene rings is 1. The number of halogens is 1. The zero-order valence-electron chi connectivity index (χ0n) is 35.5. The predicted molar refractivity (Wildman–Crippen MR) is 224 cm³/mol. The number of likely N-dealkylation sites (tertiary alicyclic amines) is 1. The minimum absolute atomic E-state index is 0.0134. The van der Waals surface area contributed by atoms with Gasteiger partial charge in [0.25, 0.3) is 0 Å². The average Bonchev–Trinajstić information content (AvgIpc) is 3.62. The Bertz CT molecular complexity index is 1330. The minimum atomic E-state index is -1.47. The molecule has 310 valence electrons. The number of nitrogens with zero attached hydrogens (tertiary/aromatic N) is 3. The van der Waals surface area contributed by atoms with E-state index >= 15 is 0 Å². The second kappa shape index (κ2) is 22.4. The molecule has 0 bridgehead atoms. The number of nitrogens with one attached hydrogen (secondary N) is 2. The molecular weight excluding hydrogens is 801 g/mol. The number of carbonyl (C=O) groups is 4. The molecular formula is C41H72IN5O7. The first kappa shape index (κ1) is 47.8. The molecule has 4 amide bonds. The Morgan fingerprint density at radius 3 is 2.04 bits per heavy atom. The van der Waals surface area contributed by atoms with E-state index in [0.29, 0.717) is 18.5 Å². The molecule has 1 saturated heterocycles. The van der Waals surface area contributed by atoms with E-state index in [4.69, 9.17) is 9.47 Å². The van der Waals surface area contributed by atoms with Gasteiger partial charge in [-0.3, -0.25) is 4.79 Å². The molecule has 1 aromatic carbocycles. The first-order valence-electron chi connectivity index (χ1n) is 19.5. The molecule has 1 aliphatic rings. The van der Waals surface area contributed by atoms with Crippen LogP contribution in [-0.4, -0.2) is 129 Å². The summed E-state index contributed by atoms with van der Waals surface area (Å²) in [5, 5.41) is 16.9. The van der Waals surface area contributed by atoms with E-state index in [9.17, 15) is 24.3 Å². The third-order valence-electron chi connectivity index (χ3n) is 11.3. The maximum absolute atomic E-state index is 14.3. The van der Waals surface area contributed by atoms with Crippen molar-refractivity contribution in [1.82, 2.24) is 23.5 Å². The van der Waals surface area contributed by atoms with E-state index in [1.165, 1.54) is 0 Å². The van der Waals surface area contributed by atoms with Crippen LogP contribution in [0.25, 0.3) is 0 Å². The summed E-state index contributed by atoms with van der Waals surface area (Å²) in [4.78, 5) is 63.7. The van der Waals surface area contributed by atoms with Crippen molar-refractivity contribution in [2.24, 2.45) is 23.7 Å². The summed E-state index contributed by atoms with van der Waals surface area (Å²) >= 11 is -1.47. The Hall–Kier alpha value is -2.33. The zero-order chi connectivity index (χ0) is 41.0. The van der Waals surface area contributed by atoms with E-state index < -0.39 is 62.4 Å². The summed E-state index contributed by atoms with van der Waals surface area (Å²) in [5.74, 6) is -1.45. The van der Waals surface area contributed by atoms with Gasteiger partial charge in [0.05, 0.1) is 30.2 Å². The second-order valence-corrected chi connectivity index (χ2v) is 21.5. The van der Waals surface area contributed by atoms with E-state index in [2.05, 4.69) is 37.5 Å². The molecule has 0 radical (unpaired) electrons. The van der Waals surface area contributed by atoms with Gasteiger partial charge in [-0.05, 0) is 25.3 Å². The van der Waals surface area contributed by atoms with Gasteiger partial charge in [-0.2, -0.15) is 0 Å². The van der Waals surface area contributed by atoms with Gasteiger partial charge in [0.1, 0.15) is 0 Å². The van der Waals surface area contributed by atoms with Gasteiger partial charge in [0, 0.05) is 13.7 Å². The van der Waals surface area contributed by atoms with E-state index in [-0.39, 0.29) is 59.9 Å². The normalized spacial score (nSPS) is 20.1. The van der Waals surface area contributed by atoms with Crippen molar-refractivity contribution >= 4 is 43.7 Å². The summed E-state index contributed by atoms with van der Waals surface area (Å²) in [6, 6.07) is 6.81. The number of aliphatic hydroxyl groups is 1.